The largest absolute Gasteiger partial charge is 0.459 e. The van der Waals surface area contributed by atoms with Crippen LogP contribution in [0.1, 0.15) is 44.1 Å². The van der Waals surface area contributed by atoms with Crippen molar-refractivity contribution in [3.05, 3.63) is 35.9 Å². The van der Waals surface area contributed by atoms with Crippen molar-refractivity contribution in [2.24, 2.45) is 5.92 Å². The quantitative estimate of drug-likeness (QED) is 0.678. The lowest BCUT2D eigenvalue weighted by Crippen LogP contribution is -2.47. The Balaban J connectivity index is 1.76. The van der Waals surface area contributed by atoms with Gasteiger partial charge in [0.25, 0.3) is 0 Å². The summed E-state index contributed by atoms with van der Waals surface area (Å²) >= 11 is 0. The molecule has 1 atom stereocenters. The zero-order chi connectivity index (χ0) is 17.7. The molecular weight excluding hydrogens is 314 g/mol. The van der Waals surface area contributed by atoms with Crippen molar-refractivity contribution < 1.29 is 14.6 Å². The zero-order valence-electron chi connectivity index (χ0n) is 14.9. The first-order valence-corrected chi connectivity index (χ1v) is 9.28. The number of aliphatic hydroxyl groups is 1. The molecule has 0 bridgehead atoms. The summed E-state index contributed by atoms with van der Waals surface area (Å²) in [4.78, 5) is 15.1. The lowest BCUT2D eigenvalue weighted by molar-refractivity contribution is -0.171. The number of hydrogen-bond donors (Lipinski definition) is 1. The standard InChI is InChI=1S/C21H27NO3/c1-22-15-12-19(13-16-22)25-20(23)21(24,18-9-5-6-10-18)14-11-17-7-3-2-4-8-17/h2-4,7-8,18-19,24H,5-6,9-10,12-13,15-16H2,1H3. The highest BCUT2D eigenvalue weighted by Gasteiger charge is 2.46. The first-order chi connectivity index (χ1) is 12.1. The molecule has 4 nitrogen and oxygen atoms in total. The molecule has 1 aliphatic heterocycles. The zero-order valence-corrected chi connectivity index (χ0v) is 14.9. The third-order valence-corrected chi connectivity index (χ3v) is 5.37. The van der Waals surface area contributed by atoms with Crippen LogP contribution in [0.2, 0.25) is 0 Å². The Morgan fingerprint density at radius 1 is 1.16 bits per heavy atom. The van der Waals surface area contributed by atoms with E-state index in [9.17, 15) is 9.90 Å². The SMILES string of the molecule is CN1CCC(OC(=O)C(O)(C#Cc2ccccc2)C2CCCC2)CC1. The number of ether oxygens (including phenoxy) is 1. The third kappa shape index (κ3) is 4.42. The Labute approximate surface area is 150 Å². The summed E-state index contributed by atoms with van der Waals surface area (Å²) in [5.74, 6) is 5.16. The summed E-state index contributed by atoms with van der Waals surface area (Å²) < 4.78 is 5.69. The van der Waals surface area contributed by atoms with Gasteiger partial charge in [0.05, 0.1) is 0 Å². The van der Waals surface area contributed by atoms with E-state index in [0.717, 1.165) is 57.2 Å². The molecule has 1 heterocycles. The van der Waals surface area contributed by atoms with Gasteiger partial charge in [0.15, 0.2) is 0 Å². The number of hydrogen-bond acceptors (Lipinski definition) is 4. The van der Waals surface area contributed by atoms with Crippen LogP contribution in [0, 0.1) is 17.8 Å². The monoisotopic (exact) mass is 341 g/mol. The van der Waals surface area contributed by atoms with E-state index in [1.54, 1.807) is 0 Å². The fourth-order valence-electron chi connectivity index (χ4n) is 3.70. The van der Waals surface area contributed by atoms with Gasteiger partial charge >= 0.3 is 5.97 Å². The lowest BCUT2D eigenvalue weighted by atomic mass is 9.86. The number of carbonyl (C=O) groups is 1. The molecule has 0 aromatic heterocycles. The van der Waals surface area contributed by atoms with Crippen molar-refractivity contribution in [1.29, 1.82) is 0 Å². The Morgan fingerprint density at radius 2 is 1.80 bits per heavy atom. The molecule has 0 radical (unpaired) electrons. The van der Waals surface area contributed by atoms with Crippen LogP contribution in [0.25, 0.3) is 0 Å². The average molecular weight is 341 g/mol. The summed E-state index contributed by atoms with van der Waals surface area (Å²) in [6.45, 7) is 1.82. The van der Waals surface area contributed by atoms with E-state index in [2.05, 4.69) is 23.8 Å². The number of carbonyl (C=O) groups excluding carboxylic acids is 1. The number of esters is 1. The minimum absolute atomic E-state index is 0.116. The fourth-order valence-corrected chi connectivity index (χ4v) is 3.70. The molecule has 1 aromatic carbocycles. The summed E-state index contributed by atoms with van der Waals surface area (Å²) in [5, 5.41) is 11.2. The van der Waals surface area contributed by atoms with Crippen LogP contribution < -0.4 is 0 Å². The highest BCUT2D eigenvalue weighted by molar-refractivity contribution is 5.84. The first kappa shape index (κ1) is 18.0. The number of benzene rings is 1. The maximum Gasteiger partial charge on any atom is 0.351 e. The molecular formula is C21H27NO3. The molecule has 4 heteroatoms. The van der Waals surface area contributed by atoms with Crippen molar-refractivity contribution in [3.63, 3.8) is 0 Å². The van der Waals surface area contributed by atoms with Crippen molar-refractivity contribution in [3.8, 4) is 11.8 Å². The summed E-state index contributed by atoms with van der Waals surface area (Å²) in [5.41, 5.74) is -0.901. The van der Waals surface area contributed by atoms with Gasteiger partial charge in [-0.1, -0.05) is 42.9 Å². The minimum atomic E-state index is -1.70. The average Bonchev–Trinajstić information content (AvgIpc) is 3.18. The third-order valence-electron chi connectivity index (χ3n) is 5.37. The van der Waals surface area contributed by atoms with Gasteiger partial charge in [-0.3, -0.25) is 0 Å². The molecule has 25 heavy (non-hydrogen) atoms. The van der Waals surface area contributed by atoms with E-state index in [0.29, 0.717) is 0 Å². The van der Waals surface area contributed by atoms with Crippen LogP contribution in [-0.4, -0.2) is 47.8 Å². The smallest absolute Gasteiger partial charge is 0.351 e. The van der Waals surface area contributed by atoms with Crippen molar-refractivity contribution in [2.45, 2.75) is 50.2 Å². The van der Waals surface area contributed by atoms with Crippen molar-refractivity contribution >= 4 is 5.97 Å². The summed E-state index contributed by atoms with van der Waals surface area (Å²) in [6.07, 6.45) is 5.22. The van der Waals surface area contributed by atoms with E-state index in [1.807, 2.05) is 30.3 Å². The van der Waals surface area contributed by atoms with Crippen LogP contribution in [0.5, 0.6) is 0 Å². The van der Waals surface area contributed by atoms with Gasteiger partial charge in [-0.15, -0.1) is 0 Å². The van der Waals surface area contributed by atoms with Gasteiger partial charge in [0.1, 0.15) is 6.10 Å². The molecule has 0 spiro atoms. The predicted molar refractivity (Wildman–Crippen MR) is 96.8 cm³/mol. The van der Waals surface area contributed by atoms with Gasteiger partial charge in [-0.2, -0.15) is 0 Å². The normalized spacial score (nSPS) is 22.0. The molecule has 2 fully saturated rings. The van der Waals surface area contributed by atoms with Gasteiger partial charge < -0.3 is 14.7 Å². The Hall–Kier alpha value is -1.83. The Bertz CT molecular complexity index is 634. The topological polar surface area (TPSA) is 49.8 Å². The van der Waals surface area contributed by atoms with Gasteiger partial charge in [0.2, 0.25) is 5.60 Å². The molecule has 3 rings (SSSR count). The summed E-state index contributed by atoms with van der Waals surface area (Å²) in [7, 11) is 2.07. The number of likely N-dealkylation sites (tertiary alicyclic amines) is 1. The molecule has 1 saturated heterocycles. The van der Waals surface area contributed by atoms with Crippen molar-refractivity contribution in [1.82, 2.24) is 4.90 Å². The minimum Gasteiger partial charge on any atom is -0.459 e. The number of piperidine rings is 1. The van der Waals surface area contributed by atoms with Crippen molar-refractivity contribution in [2.75, 3.05) is 20.1 Å². The van der Waals surface area contributed by atoms with Gasteiger partial charge in [-0.25, -0.2) is 4.79 Å². The maximum atomic E-state index is 12.8. The maximum absolute atomic E-state index is 12.8. The van der Waals surface area contributed by atoms with E-state index >= 15 is 0 Å². The number of rotatable bonds is 3. The first-order valence-electron chi connectivity index (χ1n) is 9.28. The Kier molecular flexibility index (Phi) is 5.78. The molecule has 1 unspecified atom stereocenters. The number of nitrogens with zero attached hydrogens (tertiary/aromatic N) is 1. The van der Waals surface area contributed by atoms with Crippen LogP contribution in [0.3, 0.4) is 0 Å². The predicted octanol–water partition coefficient (Wildman–Crippen LogP) is 2.60. The summed E-state index contributed by atoms with van der Waals surface area (Å²) in [6, 6.07) is 9.47. The second-order valence-electron chi connectivity index (χ2n) is 7.27. The van der Waals surface area contributed by atoms with E-state index in [-0.39, 0.29) is 12.0 Å². The fraction of sp³-hybridized carbons (Fsp3) is 0.571. The van der Waals surface area contributed by atoms with Gasteiger partial charge in [-0.05, 0) is 44.9 Å². The van der Waals surface area contributed by atoms with Crippen LogP contribution >= 0.6 is 0 Å². The highest BCUT2D eigenvalue weighted by atomic mass is 16.6. The van der Waals surface area contributed by atoms with Crippen LogP contribution in [0.15, 0.2) is 30.3 Å². The second-order valence-corrected chi connectivity index (χ2v) is 7.27. The Morgan fingerprint density at radius 3 is 2.44 bits per heavy atom. The second kappa shape index (κ2) is 8.03. The molecule has 2 aliphatic rings. The van der Waals surface area contributed by atoms with Crippen LogP contribution in [0.4, 0.5) is 0 Å². The lowest BCUT2D eigenvalue weighted by Gasteiger charge is -2.32. The van der Waals surface area contributed by atoms with Crippen LogP contribution in [-0.2, 0) is 9.53 Å². The van der Waals surface area contributed by atoms with E-state index in [4.69, 9.17) is 4.74 Å². The molecule has 1 saturated carbocycles. The molecule has 1 N–H and O–H groups in total. The van der Waals surface area contributed by atoms with Gasteiger partial charge in [0, 0.05) is 24.6 Å². The molecule has 1 aromatic rings. The molecule has 0 amide bonds. The highest BCUT2D eigenvalue weighted by Crippen LogP contribution is 2.35. The van der Waals surface area contributed by atoms with E-state index in [1.165, 1.54) is 0 Å². The van der Waals surface area contributed by atoms with E-state index < -0.39 is 11.6 Å². The molecule has 134 valence electrons. The molecule has 1 aliphatic carbocycles.